The van der Waals surface area contributed by atoms with E-state index in [2.05, 4.69) is 58.7 Å². The molecule has 0 atom stereocenters. The van der Waals surface area contributed by atoms with Gasteiger partial charge in [-0.15, -0.1) is 11.6 Å². The largest absolute Gasteiger partial charge is 0.365 e. The lowest BCUT2D eigenvalue weighted by Crippen LogP contribution is -2.42. The van der Waals surface area contributed by atoms with Crippen LogP contribution in [0.1, 0.15) is 108 Å². The fourth-order valence-corrected chi connectivity index (χ4v) is 10.4. The van der Waals surface area contributed by atoms with E-state index < -0.39 is 0 Å². The molecule has 4 heterocycles. The number of halogens is 5. The Morgan fingerprint density at radius 1 is 0.492 bits per heavy atom. The SMILES string of the molecule is Fc1ccc(C(CCCCl)c2ccc(F)cc2)cc1.Fc1ccc(C(CCCN2CCC3(CC2)OCc2ccccc23)c2ccc(F)cc2)cc1.c1ccc2c(c1)COC21CCNCC1. The monoisotopic (exact) mass is 902 g/mol. The second-order valence-electron chi connectivity index (χ2n) is 17.8. The highest BCUT2D eigenvalue weighted by Crippen LogP contribution is 2.45. The molecule has 0 unspecified atom stereocenters. The van der Waals surface area contributed by atoms with Crippen LogP contribution in [-0.2, 0) is 33.9 Å². The zero-order valence-corrected chi connectivity index (χ0v) is 37.7. The lowest BCUT2D eigenvalue weighted by atomic mass is 9.83. The van der Waals surface area contributed by atoms with E-state index in [0.717, 1.165) is 120 Å². The Labute approximate surface area is 387 Å². The quantitative estimate of drug-likeness (QED) is 0.104. The summed E-state index contributed by atoms with van der Waals surface area (Å²) in [5.74, 6) is -0.122. The van der Waals surface area contributed by atoms with E-state index in [1.54, 1.807) is 24.3 Å². The van der Waals surface area contributed by atoms with Gasteiger partial charge in [0.05, 0.1) is 24.4 Å². The van der Waals surface area contributed by atoms with E-state index in [1.807, 2.05) is 24.3 Å². The summed E-state index contributed by atoms with van der Waals surface area (Å²) in [5.41, 5.74) is 9.68. The first-order valence-electron chi connectivity index (χ1n) is 23.2. The highest BCUT2D eigenvalue weighted by Gasteiger charge is 2.42. The van der Waals surface area contributed by atoms with Gasteiger partial charge in [-0.25, -0.2) is 17.6 Å². The second-order valence-corrected chi connectivity index (χ2v) is 18.1. The molecule has 2 fully saturated rings. The summed E-state index contributed by atoms with van der Waals surface area (Å²) in [4.78, 5) is 2.53. The topological polar surface area (TPSA) is 33.7 Å². The molecule has 6 aromatic rings. The molecule has 0 radical (unpaired) electrons. The lowest BCUT2D eigenvalue weighted by Gasteiger charge is -2.39. The summed E-state index contributed by atoms with van der Waals surface area (Å²) in [7, 11) is 0. The Balaban J connectivity index is 0.000000147. The van der Waals surface area contributed by atoms with Crippen molar-refractivity contribution >= 4 is 11.6 Å². The number of nitrogens with one attached hydrogen (secondary N) is 1. The molecule has 2 saturated heterocycles. The fourth-order valence-electron chi connectivity index (χ4n) is 10.2. The number of nitrogens with zero attached hydrogens (tertiary/aromatic N) is 1. The van der Waals surface area contributed by atoms with Crippen molar-refractivity contribution < 1.29 is 27.0 Å². The predicted molar refractivity (Wildman–Crippen MR) is 252 cm³/mol. The van der Waals surface area contributed by atoms with Gasteiger partial charge in [-0.05, 0) is 164 Å². The molecule has 6 aromatic carbocycles. The summed E-state index contributed by atoms with van der Waals surface area (Å²) in [5, 5.41) is 3.39. The molecular formula is C56H59ClF4N2O2. The molecule has 65 heavy (non-hydrogen) atoms. The summed E-state index contributed by atoms with van der Waals surface area (Å²) in [6.45, 7) is 6.78. The van der Waals surface area contributed by atoms with Gasteiger partial charge in [0.15, 0.2) is 0 Å². The third-order valence-corrected chi connectivity index (χ3v) is 14.0. The maximum Gasteiger partial charge on any atom is 0.123 e. The van der Waals surface area contributed by atoms with Crippen LogP contribution in [0.3, 0.4) is 0 Å². The maximum absolute atomic E-state index is 13.5. The van der Waals surface area contributed by atoms with Crippen LogP contribution in [0.4, 0.5) is 17.6 Å². The molecule has 4 aliphatic rings. The minimum absolute atomic E-state index is 0.0435. The number of hydrogen-bond acceptors (Lipinski definition) is 4. The van der Waals surface area contributed by atoms with E-state index in [9.17, 15) is 17.6 Å². The number of piperidine rings is 2. The summed E-state index contributed by atoms with van der Waals surface area (Å²) in [6, 6.07) is 43.6. The average molecular weight is 904 g/mol. The molecular weight excluding hydrogens is 844 g/mol. The van der Waals surface area contributed by atoms with E-state index in [4.69, 9.17) is 21.1 Å². The molecule has 9 heteroatoms. The van der Waals surface area contributed by atoms with Crippen molar-refractivity contribution in [3.63, 3.8) is 0 Å². The number of alkyl halides is 1. The minimum Gasteiger partial charge on any atom is -0.365 e. The Morgan fingerprint density at radius 2 is 0.862 bits per heavy atom. The smallest absolute Gasteiger partial charge is 0.123 e. The molecule has 4 nitrogen and oxygen atoms in total. The predicted octanol–water partition coefficient (Wildman–Crippen LogP) is 13.3. The van der Waals surface area contributed by atoms with Gasteiger partial charge >= 0.3 is 0 Å². The standard InChI is InChI=1S/C28H29F2NO.C16H15ClF2.C12H15NO/c29-24-11-7-21(8-12-24)26(22-9-13-25(30)14-10-22)5-3-17-31-18-15-28(16-19-31)27-6-2-1-4-23(27)20-32-28;17-11-1-2-16(12-3-7-14(18)8-4-12)13-5-9-15(19)10-6-13;1-2-4-11-10(3-1)9-14-12(11)5-7-13-8-6-12/h1-2,4,6-14,26H,3,5,15-20H2;3-10,16H,1-2,11H2;1-4,13H,5-9H2. The lowest BCUT2D eigenvalue weighted by molar-refractivity contribution is -0.0788. The van der Waals surface area contributed by atoms with Gasteiger partial charge in [0.2, 0.25) is 0 Å². The van der Waals surface area contributed by atoms with Crippen molar-refractivity contribution in [2.45, 2.75) is 87.6 Å². The van der Waals surface area contributed by atoms with Crippen LogP contribution in [0, 0.1) is 23.3 Å². The van der Waals surface area contributed by atoms with Crippen LogP contribution in [-0.4, -0.2) is 43.5 Å². The van der Waals surface area contributed by atoms with Crippen molar-refractivity contribution in [1.82, 2.24) is 10.2 Å². The third kappa shape index (κ3) is 11.6. The normalized spacial score (nSPS) is 17.0. The van der Waals surface area contributed by atoms with Crippen LogP contribution in [0.25, 0.3) is 0 Å². The van der Waals surface area contributed by atoms with Crippen molar-refractivity contribution in [3.05, 3.63) is 213 Å². The molecule has 4 aliphatic heterocycles. The number of rotatable bonds is 11. The Bertz CT molecular complexity index is 2300. The zero-order chi connectivity index (χ0) is 45.1. The third-order valence-electron chi connectivity index (χ3n) is 13.8. The van der Waals surface area contributed by atoms with Gasteiger partial charge in [0, 0.05) is 30.8 Å². The van der Waals surface area contributed by atoms with Gasteiger partial charge < -0.3 is 19.7 Å². The van der Waals surface area contributed by atoms with Crippen molar-refractivity contribution in [1.29, 1.82) is 0 Å². The number of benzene rings is 6. The van der Waals surface area contributed by atoms with E-state index >= 15 is 0 Å². The van der Waals surface area contributed by atoms with Crippen molar-refractivity contribution in [2.75, 3.05) is 38.6 Å². The van der Waals surface area contributed by atoms with Crippen LogP contribution >= 0.6 is 11.6 Å². The summed E-state index contributed by atoms with van der Waals surface area (Å²) in [6.07, 6.45) is 7.99. The molecule has 340 valence electrons. The molecule has 0 saturated carbocycles. The summed E-state index contributed by atoms with van der Waals surface area (Å²) >= 11 is 5.75. The van der Waals surface area contributed by atoms with Crippen LogP contribution < -0.4 is 5.32 Å². The fraction of sp³-hybridized carbons (Fsp3) is 0.357. The van der Waals surface area contributed by atoms with Crippen LogP contribution in [0.15, 0.2) is 146 Å². The average Bonchev–Trinajstić information content (AvgIpc) is 3.88. The van der Waals surface area contributed by atoms with Gasteiger partial charge in [-0.1, -0.05) is 97.1 Å². The van der Waals surface area contributed by atoms with Crippen LogP contribution in [0.2, 0.25) is 0 Å². The molecule has 0 bridgehead atoms. The van der Waals surface area contributed by atoms with Gasteiger partial charge in [0.1, 0.15) is 23.3 Å². The van der Waals surface area contributed by atoms with Crippen LogP contribution in [0.5, 0.6) is 0 Å². The highest BCUT2D eigenvalue weighted by atomic mass is 35.5. The number of likely N-dealkylation sites (tertiary alicyclic amines) is 1. The molecule has 2 spiro atoms. The number of ether oxygens (including phenoxy) is 2. The van der Waals surface area contributed by atoms with E-state index in [1.165, 1.54) is 70.8 Å². The molecule has 0 aromatic heterocycles. The second kappa shape index (κ2) is 22.1. The first kappa shape index (κ1) is 46.7. The Morgan fingerprint density at radius 3 is 1.26 bits per heavy atom. The van der Waals surface area contributed by atoms with Gasteiger partial charge in [-0.2, -0.15) is 0 Å². The molecule has 0 amide bonds. The first-order chi connectivity index (χ1) is 31.7. The van der Waals surface area contributed by atoms with Gasteiger partial charge in [-0.3, -0.25) is 0 Å². The number of hydrogen-bond donors (Lipinski definition) is 1. The van der Waals surface area contributed by atoms with E-state index in [0.29, 0.717) is 5.88 Å². The Hall–Kier alpha value is -4.83. The number of fused-ring (bicyclic) bond motifs is 4. The van der Waals surface area contributed by atoms with Crippen molar-refractivity contribution in [2.24, 2.45) is 0 Å². The van der Waals surface area contributed by atoms with E-state index in [-0.39, 0.29) is 46.3 Å². The zero-order valence-electron chi connectivity index (χ0n) is 37.0. The summed E-state index contributed by atoms with van der Waals surface area (Å²) < 4.78 is 65.2. The van der Waals surface area contributed by atoms with Gasteiger partial charge in [0.25, 0.3) is 0 Å². The molecule has 0 aliphatic carbocycles. The highest BCUT2D eigenvalue weighted by molar-refractivity contribution is 6.17. The molecule has 10 rings (SSSR count). The first-order valence-corrected chi connectivity index (χ1v) is 23.7. The Kier molecular flexibility index (Phi) is 15.9. The minimum atomic E-state index is -0.251. The maximum atomic E-state index is 13.5. The van der Waals surface area contributed by atoms with Crippen molar-refractivity contribution in [3.8, 4) is 0 Å². The molecule has 1 N–H and O–H groups in total.